The second kappa shape index (κ2) is 7.58. The number of aromatic nitrogens is 2. The van der Waals surface area contributed by atoms with E-state index in [-0.39, 0.29) is 24.2 Å². The quantitative estimate of drug-likeness (QED) is 0.757. The molecule has 1 aromatic carbocycles. The van der Waals surface area contributed by atoms with Gasteiger partial charge in [0.2, 0.25) is 11.8 Å². The summed E-state index contributed by atoms with van der Waals surface area (Å²) < 4.78 is 6.22. The summed E-state index contributed by atoms with van der Waals surface area (Å²) in [4.78, 5) is 11.9. The number of nitrogens with zero attached hydrogens (tertiary/aromatic N) is 2. The van der Waals surface area contributed by atoms with Gasteiger partial charge in [0.1, 0.15) is 0 Å². The normalized spacial score (nSPS) is 12.1. The van der Waals surface area contributed by atoms with Gasteiger partial charge in [-0.25, -0.2) is 0 Å². The van der Waals surface area contributed by atoms with Crippen molar-refractivity contribution in [3.63, 3.8) is 0 Å². The van der Waals surface area contributed by atoms with Gasteiger partial charge in [0.15, 0.2) is 0 Å². The summed E-state index contributed by atoms with van der Waals surface area (Å²) in [6.07, 6.45) is 0. The first-order valence-electron chi connectivity index (χ1n) is 6.28. The fraction of sp³-hybridized carbons (Fsp3) is 0.308. The van der Waals surface area contributed by atoms with Crippen LogP contribution in [0.15, 0.2) is 38.4 Å². The molecule has 2 rings (SSSR count). The first-order chi connectivity index (χ1) is 10.1. The lowest BCUT2D eigenvalue weighted by atomic mass is 10.1. The standard InChI is InChI=1S/C13H15BrN4O2S/c1-8(9-2-4-10(14)5-3-9)16-11(19)7-21-13-18-17-12(6-15)20-13/h2-5,8H,6-7,15H2,1H3,(H,16,19). The summed E-state index contributed by atoms with van der Waals surface area (Å²) in [6, 6.07) is 7.76. The third kappa shape index (κ3) is 4.83. The highest BCUT2D eigenvalue weighted by Crippen LogP contribution is 2.18. The van der Waals surface area contributed by atoms with Crippen LogP contribution < -0.4 is 11.1 Å². The first-order valence-corrected chi connectivity index (χ1v) is 8.06. The number of nitrogens with one attached hydrogen (secondary N) is 1. The second-order valence-corrected chi connectivity index (χ2v) is 6.14. The van der Waals surface area contributed by atoms with E-state index in [1.807, 2.05) is 31.2 Å². The Kier molecular flexibility index (Phi) is 5.77. The van der Waals surface area contributed by atoms with E-state index >= 15 is 0 Å². The first kappa shape index (κ1) is 16.0. The zero-order valence-corrected chi connectivity index (χ0v) is 13.8. The molecule has 0 aliphatic carbocycles. The van der Waals surface area contributed by atoms with Crippen molar-refractivity contribution in [1.29, 1.82) is 0 Å². The van der Waals surface area contributed by atoms with Crippen LogP contribution in [0.2, 0.25) is 0 Å². The molecule has 2 aromatic rings. The average molecular weight is 371 g/mol. The number of thioether (sulfide) groups is 1. The van der Waals surface area contributed by atoms with Crippen molar-refractivity contribution in [2.24, 2.45) is 5.73 Å². The van der Waals surface area contributed by atoms with E-state index in [2.05, 4.69) is 31.4 Å². The molecule has 0 saturated carbocycles. The van der Waals surface area contributed by atoms with Gasteiger partial charge in [0.25, 0.3) is 5.22 Å². The van der Waals surface area contributed by atoms with Crippen LogP contribution >= 0.6 is 27.7 Å². The molecule has 0 aliphatic heterocycles. The van der Waals surface area contributed by atoms with Gasteiger partial charge in [-0.3, -0.25) is 4.79 Å². The van der Waals surface area contributed by atoms with Gasteiger partial charge in [-0.2, -0.15) is 0 Å². The van der Waals surface area contributed by atoms with Gasteiger partial charge >= 0.3 is 0 Å². The van der Waals surface area contributed by atoms with Crippen LogP contribution in [0.5, 0.6) is 0 Å². The van der Waals surface area contributed by atoms with E-state index in [9.17, 15) is 4.79 Å². The molecule has 0 spiro atoms. The minimum Gasteiger partial charge on any atom is -0.415 e. The Morgan fingerprint density at radius 2 is 2.14 bits per heavy atom. The van der Waals surface area contributed by atoms with E-state index in [4.69, 9.17) is 10.2 Å². The number of hydrogen-bond acceptors (Lipinski definition) is 6. The number of nitrogens with two attached hydrogens (primary N) is 1. The van der Waals surface area contributed by atoms with Crippen LogP contribution in [0.1, 0.15) is 24.4 Å². The van der Waals surface area contributed by atoms with Crippen LogP contribution in [-0.4, -0.2) is 21.9 Å². The molecule has 1 unspecified atom stereocenters. The number of amides is 1. The zero-order valence-electron chi connectivity index (χ0n) is 11.4. The SMILES string of the molecule is CC(NC(=O)CSc1nnc(CN)o1)c1ccc(Br)cc1. The summed E-state index contributed by atoms with van der Waals surface area (Å²) in [5.74, 6) is 0.483. The fourth-order valence-electron chi connectivity index (χ4n) is 1.62. The lowest BCUT2D eigenvalue weighted by molar-refractivity contribution is -0.119. The molecule has 0 fully saturated rings. The second-order valence-electron chi connectivity index (χ2n) is 4.30. The molecule has 6 nitrogen and oxygen atoms in total. The molecule has 8 heteroatoms. The van der Waals surface area contributed by atoms with Gasteiger partial charge in [-0.15, -0.1) is 10.2 Å². The number of halogens is 1. The topological polar surface area (TPSA) is 94.0 Å². The van der Waals surface area contributed by atoms with Crippen molar-refractivity contribution < 1.29 is 9.21 Å². The largest absolute Gasteiger partial charge is 0.415 e. The van der Waals surface area contributed by atoms with E-state index in [0.29, 0.717) is 11.1 Å². The number of carbonyl (C=O) groups is 1. The summed E-state index contributed by atoms with van der Waals surface area (Å²) in [6.45, 7) is 2.13. The Bertz CT molecular complexity index is 602. The highest BCUT2D eigenvalue weighted by atomic mass is 79.9. The van der Waals surface area contributed by atoms with Gasteiger partial charge in [-0.1, -0.05) is 39.8 Å². The Morgan fingerprint density at radius 3 is 2.76 bits per heavy atom. The van der Waals surface area contributed by atoms with Crippen LogP contribution in [0.4, 0.5) is 0 Å². The molecule has 0 bridgehead atoms. The summed E-state index contributed by atoms with van der Waals surface area (Å²) >= 11 is 4.57. The number of rotatable bonds is 6. The monoisotopic (exact) mass is 370 g/mol. The van der Waals surface area contributed by atoms with Crippen LogP contribution in [0, 0.1) is 0 Å². The van der Waals surface area contributed by atoms with E-state index in [1.165, 1.54) is 11.8 Å². The van der Waals surface area contributed by atoms with E-state index in [0.717, 1.165) is 10.0 Å². The number of hydrogen-bond donors (Lipinski definition) is 2. The van der Waals surface area contributed by atoms with Gasteiger partial charge in [0.05, 0.1) is 18.3 Å². The Labute approximate surface area is 135 Å². The minimum absolute atomic E-state index is 0.0616. The molecule has 0 radical (unpaired) electrons. The molecular weight excluding hydrogens is 356 g/mol. The van der Waals surface area contributed by atoms with Crippen molar-refractivity contribution in [1.82, 2.24) is 15.5 Å². The average Bonchev–Trinajstić information content (AvgIpc) is 2.94. The highest BCUT2D eigenvalue weighted by Gasteiger charge is 2.12. The molecule has 3 N–H and O–H groups in total. The van der Waals surface area contributed by atoms with Crippen molar-refractivity contribution in [3.8, 4) is 0 Å². The molecule has 0 aliphatic rings. The molecule has 21 heavy (non-hydrogen) atoms. The third-order valence-electron chi connectivity index (χ3n) is 2.70. The maximum Gasteiger partial charge on any atom is 0.277 e. The van der Waals surface area contributed by atoms with Crippen molar-refractivity contribution in [2.45, 2.75) is 24.7 Å². The lowest BCUT2D eigenvalue weighted by Gasteiger charge is -2.13. The highest BCUT2D eigenvalue weighted by molar-refractivity contribution is 9.10. The molecule has 112 valence electrons. The van der Waals surface area contributed by atoms with Crippen LogP contribution in [-0.2, 0) is 11.3 Å². The minimum atomic E-state index is -0.0945. The predicted molar refractivity (Wildman–Crippen MR) is 83.6 cm³/mol. The van der Waals surface area contributed by atoms with E-state index < -0.39 is 0 Å². The molecule has 1 heterocycles. The fourth-order valence-corrected chi connectivity index (χ4v) is 2.48. The summed E-state index contributed by atoms with van der Waals surface area (Å²) in [7, 11) is 0. The van der Waals surface area contributed by atoms with Crippen molar-refractivity contribution >= 4 is 33.6 Å². The Balaban J connectivity index is 1.82. The van der Waals surface area contributed by atoms with Crippen molar-refractivity contribution in [3.05, 3.63) is 40.2 Å². The van der Waals surface area contributed by atoms with Gasteiger partial charge < -0.3 is 15.5 Å². The molecular formula is C13H15BrN4O2S. The van der Waals surface area contributed by atoms with Crippen molar-refractivity contribution in [2.75, 3.05) is 5.75 Å². The predicted octanol–water partition coefficient (Wildman–Crippen LogP) is 2.26. The maximum atomic E-state index is 11.9. The van der Waals surface area contributed by atoms with Gasteiger partial charge in [-0.05, 0) is 24.6 Å². The number of carbonyl (C=O) groups excluding carboxylic acids is 1. The zero-order chi connectivity index (χ0) is 15.2. The molecule has 0 saturated heterocycles. The summed E-state index contributed by atoms with van der Waals surface area (Å²) in [5.41, 5.74) is 6.41. The smallest absolute Gasteiger partial charge is 0.277 e. The molecule has 1 amide bonds. The third-order valence-corrected chi connectivity index (χ3v) is 4.04. The maximum absolute atomic E-state index is 11.9. The van der Waals surface area contributed by atoms with Gasteiger partial charge in [0, 0.05) is 4.47 Å². The van der Waals surface area contributed by atoms with Crippen LogP contribution in [0.3, 0.4) is 0 Å². The Morgan fingerprint density at radius 1 is 1.43 bits per heavy atom. The van der Waals surface area contributed by atoms with E-state index in [1.54, 1.807) is 0 Å². The Hall–Kier alpha value is -1.38. The summed E-state index contributed by atoms with van der Waals surface area (Å²) in [5, 5.41) is 10.8. The van der Waals surface area contributed by atoms with Crippen LogP contribution in [0.25, 0.3) is 0 Å². The number of benzene rings is 1. The molecule has 1 aromatic heterocycles. The molecule has 1 atom stereocenters. The lowest BCUT2D eigenvalue weighted by Crippen LogP contribution is -2.28.